The first-order valence-electron chi connectivity index (χ1n) is 7.35. The van der Waals surface area contributed by atoms with Gasteiger partial charge in [0.1, 0.15) is 5.78 Å². The van der Waals surface area contributed by atoms with Gasteiger partial charge < -0.3 is 9.05 Å². The van der Waals surface area contributed by atoms with Gasteiger partial charge in [-0.3, -0.25) is 19.1 Å². The van der Waals surface area contributed by atoms with Crippen molar-refractivity contribution < 1.29 is 23.2 Å². The molecule has 0 saturated heterocycles. The summed E-state index contributed by atoms with van der Waals surface area (Å²) in [7, 11) is -3.60. The minimum atomic E-state index is -3.60. The number of nitrogens with zero attached hydrogens (tertiary/aromatic N) is 1. The summed E-state index contributed by atoms with van der Waals surface area (Å²) in [5.41, 5.74) is 0.649. The molecule has 0 fully saturated rings. The zero-order valence-electron chi connectivity index (χ0n) is 12.9. The van der Waals surface area contributed by atoms with E-state index in [0.717, 1.165) is 4.90 Å². The predicted octanol–water partition coefficient (Wildman–Crippen LogP) is 3.28. The molecule has 0 N–H and O–H groups in total. The monoisotopic (exact) mass is 325 g/mol. The molecule has 0 spiro atoms. The van der Waals surface area contributed by atoms with Crippen LogP contribution >= 0.6 is 7.60 Å². The van der Waals surface area contributed by atoms with E-state index in [9.17, 15) is 14.2 Å². The zero-order chi connectivity index (χ0) is 16.3. The van der Waals surface area contributed by atoms with Gasteiger partial charge in [-0.05, 0) is 32.4 Å². The second-order valence-electron chi connectivity index (χ2n) is 4.79. The minimum absolute atomic E-state index is 0.178. The molecule has 7 heteroatoms. The van der Waals surface area contributed by atoms with Crippen LogP contribution in [0.25, 0.3) is 0 Å². The summed E-state index contributed by atoms with van der Waals surface area (Å²) in [6.07, 6.45) is 0.294. The summed E-state index contributed by atoms with van der Waals surface area (Å²) < 4.78 is 23.6. The van der Waals surface area contributed by atoms with Crippen LogP contribution in [0.5, 0.6) is 0 Å². The van der Waals surface area contributed by atoms with Gasteiger partial charge in [0, 0.05) is 0 Å². The van der Waals surface area contributed by atoms with Crippen LogP contribution in [0.2, 0.25) is 0 Å². The topological polar surface area (TPSA) is 72.9 Å². The predicted molar refractivity (Wildman–Crippen MR) is 81.9 cm³/mol. The Bertz CT molecular complexity index is 585. The number of hydrogen-bond donors (Lipinski definition) is 0. The highest BCUT2D eigenvalue weighted by Gasteiger charge is 2.48. The maximum absolute atomic E-state index is 13.0. The highest BCUT2D eigenvalue weighted by Crippen LogP contribution is 2.56. The number of rotatable bonds is 7. The molecule has 2 amide bonds. The molecule has 0 aromatic heterocycles. The highest BCUT2D eigenvalue weighted by molar-refractivity contribution is 7.54. The van der Waals surface area contributed by atoms with Gasteiger partial charge in [0.25, 0.3) is 11.8 Å². The van der Waals surface area contributed by atoms with Crippen LogP contribution in [0.3, 0.4) is 0 Å². The molecule has 22 heavy (non-hydrogen) atoms. The summed E-state index contributed by atoms with van der Waals surface area (Å²) in [5.74, 6) is -1.82. The highest BCUT2D eigenvalue weighted by atomic mass is 31.2. The number of imide groups is 1. The first-order valence-corrected chi connectivity index (χ1v) is 8.97. The fourth-order valence-electron chi connectivity index (χ4n) is 2.60. The van der Waals surface area contributed by atoms with Gasteiger partial charge in [-0.2, -0.15) is 0 Å². The lowest BCUT2D eigenvalue weighted by molar-refractivity contribution is 0.0595. The number of fused-ring (bicyclic) bond motifs is 1. The van der Waals surface area contributed by atoms with Gasteiger partial charge in [-0.15, -0.1) is 0 Å². The van der Waals surface area contributed by atoms with Gasteiger partial charge in [0.2, 0.25) is 0 Å². The van der Waals surface area contributed by atoms with Crippen molar-refractivity contribution in [1.29, 1.82) is 0 Å². The molecule has 0 radical (unpaired) electrons. The third kappa shape index (κ3) is 2.74. The van der Waals surface area contributed by atoms with Crippen molar-refractivity contribution in [3.05, 3.63) is 35.4 Å². The number of carbonyl (C=O) groups excluding carboxylic acids is 2. The maximum Gasteiger partial charge on any atom is 0.353 e. The molecule has 1 aliphatic heterocycles. The van der Waals surface area contributed by atoms with Gasteiger partial charge >= 0.3 is 7.60 Å². The Labute approximate surface area is 129 Å². The van der Waals surface area contributed by atoms with E-state index in [-0.39, 0.29) is 13.2 Å². The van der Waals surface area contributed by atoms with Crippen LogP contribution in [0, 0.1) is 0 Å². The standard InChI is InChI=1S/C15H20NO5P/c1-4-13(22(19,20-5-2)21-6-3)16-14(17)11-9-7-8-10-12(11)15(16)18/h7-10,13H,4-6H2,1-3H3. The Kier molecular flexibility index (Phi) is 5.16. The Morgan fingerprint density at radius 3 is 1.82 bits per heavy atom. The lowest BCUT2D eigenvalue weighted by atomic mass is 10.1. The molecule has 0 saturated carbocycles. The lowest BCUT2D eigenvalue weighted by Crippen LogP contribution is -2.40. The minimum Gasteiger partial charge on any atom is -0.307 e. The lowest BCUT2D eigenvalue weighted by Gasteiger charge is -2.31. The van der Waals surface area contributed by atoms with Crippen LogP contribution in [0.4, 0.5) is 0 Å². The van der Waals surface area contributed by atoms with E-state index in [1.54, 1.807) is 45.0 Å². The number of amides is 2. The normalized spacial score (nSPS) is 16.0. The van der Waals surface area contributed by atoms with Crippen molar-refractivity contribution >= 4 is 19.4 Å². The SMILES string of the molecule is CCOP(=O)(OCC)C(CC)N1C(=O)c2ccccc2C1=O. The molecular weight excluding hydrogens is 305 g/mol. The van der Waals surface area contributed by atoms with Gasteiger partial charge in [-0.1, -0.05) is 19.1 Å². The largest absolute Gasteiger partial charge is 0.353 e. The first-order chi connectivity index (χ1) is 10.5. The van der Waals surface area contributed by atoms with Crippen molar-refractivity contribution in [2.75, 3.05) is 13.2 Å². The molecule has 1 unspecified atom stereocenters. The molecule has 1 aliphatic rings. The van der Waals surface area contributed by atoms with Crippen molar-refractivity contribution in [1.82, 2.24) is 4.90 Å². The summed E-state index contributed by atoms with van der Waals surface area (Å²) in [6.45, 7) is 5.49. The number of benzene rings is 1. The fourth-order valence-corrected chi connectivity index (χ4v) is 4.67. The Morgan fingerprint density at radius 2 is 1.45 bits per heavy atom. The fraction of sp³-hybridized carbons (Fsp3) is 0.467. The molecule has 0 bridgehead atoms. The van der Waals surface area contributed by atoms with Gasteiger partial charge in [0.05, 0.1) is 24.3 Å². The molecule has 1 heterocycles. The Balaban J connectivity index is 2.43. The summed E-state index contributed by atoms with van der Waals surface area (Å²) in [4.78, 5) is 26.1. The van der Waals surface area contributed by atoms with Crippen molar-refractivity contribution in [3.8, 4) is 0 Å². The van der Waals surface area contributed by atoms with E-state index >= 15 is 0 Å². The van der Waals surface area contributed by atoms with Gasteiger partial charge in [0.15, 0.2) is 0 Å². The number of carbonyl (C=O) groups is 2. The smallest absolute Gasteiger partial charge is 0.307 e. The number of hydrogen-bond acceptors (Lipinski definition) is 5. The molecular formula is C15H20NO5P. The van der Waals surface area contributed by atoms with Crippen molar-refractivity contribution in [2.24, 2.45) is 0 Å². The van der Waals surface area contributed by atoms with E-state index in [0.29, 0.717) is 17.5 Å². The molecule has 120 valence electrons. The zero-order valence-corrected chi connectivity index (χ0v) is 13.8. The quantitative estimate of drug-likeness (QED) is 0.568. The van der Waals surface area contributed by atoms with Crippen LogP contribution in [-0.2, 0) is 13.6 Å². The van der Waals surface area contributed by atoms with Crippen molar-refractivity contribution in [2.45, 2.75) is 33.0 Å². The molecule has 6 nitrogen and oxygen atoms in total. The third-order valence-electron chi connectivity index (χ3n) is 3.47. The van der Waals surface area contributed by atoms with E-state index < -0.39 is 25.2 Å². The van der Waals surface area contributed by atoms with Gasteiger partial charge in [-0.25, -0.2) is 0 Å². The maximum atomic E-state index is 13.0. The van der Waals surface area contributed by atoms with E-state index in [1.165, 1.54) is 0 Å². The van der Waals surface area contributed by atoms with Crippen molar-refractivity contribution in [3.63, 3.8) is 0 Å². The van der Waals surface area contributed by atoms with E-state index in [1.807, 2.05) is 0 Å². The first kappa shape index (κ1) is 16.9. The van der Waals surface area contributed by atoms with Crippen LogP contribution in [0.1, 0.15) is 47.9 Å². The Hall–Kier alpha value is -1.49. The molecule has 1 aromatic carbocycles. The molecule has 2 rings (SSSR count). The van der Waals surface area contributed by atoms with Crippen LogP contribution < -0.4 is 0 Å². The summed E-state index contributed by atoms with van der Waals surface area (Å²) in [6, 6.07) is 6.57. The van der Waals surface area contributed by atoms with E-state index in [4.69, 9.17) is 9.05 Å². The molecule has 1 aromatic rings. The second-order valence-corrected chi connectivity index (χ2v) is 6.98. The third-order valence-corrected chi connectivity index (χ3v) is 6.03. The second kappa shape index (κ2) is 6.73. The average Bonchev–Trinajstić information content (AvgIpc) is 2.74. The van der Waals surface area contributed by atoms with Crippen LogP contribution in [0.15, 0.2) is 24.3 Å². The molecule has 0 aliphatic carbocycles. The average molecular weight is 325 g/mol. The summed E-state index contributed by atoms with van der Waals surface area (Å²) >= 11 is 0. The summed E-state index contributed by atoms with van der Waals surface area (Å²) in [5, 5.41) is 0. The Morgan fingerprint density at radius 1 is 1.00 bits per heavy atom. The van der Waals surface area contributed by atoms with E-state index in [2.05, 4.69) is 0 Å². The molecule has 1 atom stereocenters. The van der Waals surface area contributed by atoms with Crippen LogP contribution in [-0.4, -0.2) is 35.7 Å².